The van der Waals surface area contributed by atoms with Gasteiger partial charge in [0.15, 0.2) is 11.6 Å². The fraction of sp³-hybridized carbons (Fsp3) is 0.300. The fourth-order valence-corrected chi connectivity index (χ4v) is 3.52. The zero-order chi connectivity index (χ0) is 18.1. The first kappa shape index (κ1) is 17.1. The van der Waals surface area contributed by atoms with Crippen LogP contribution in [0.4, 0.5) is 0 Å². The summed E-state index contributed by atoms with van der Waals surface area (Å²) >= 11 is 6.15. The number of carbonyl (C=O) groups is 1. The van der Waals surface area contributed by atoms with E-state index in [1.165, 1.54) is 5.56 Å². The molecular weight excluding hydrogens is 350 g/mol. The number of hydroxylamine groups is 1. The third kappa shape index (κ3) is 3.20. The number of aliphatic imine (C=N–C) groups is 1. The smallest absolute Gasteiger partial charge is 0.255 e. The lowest BCUT2D eigenvalue weighted by molar-refractivity contribution is -0.0849. The maximum Gasteiger partial charge on any atom is 0.255 e. The summed E-state index contributed by atoms with van der Waals surface area (Å²) in [6.07, 6.45) is 1.29. The van der Waals surface area contributed by atoms with Crippen LogP contribution in [-0.2, 0) is 4.84 Å². The number of carbonyl (C=O) groups excluding carboxylic acids is 1. The molecule has 6 heteroatoms. The monoisotopic (exact) mass is 369 g/mol. The maximum absolute atomic E-state index is 12.7. The minimum absolute atomic E-state index is 0.0425. The van der Waals surface area contributed by atoms with Crippen molar-refractivity contribution in [3.8, 4) is 0 Å². The maximum atomic E-state index is 12.7. The van der Waals surface area contributed by atoms with E-state index in [1.807, 2.05) is 29.2 Å². The molecule has 4 rings (SSSR count). The minimum atomic E-state index is -0.600. The first-order valence-corrected chi connectivity index (χ1v) is 9.09. The molecule has 2 aromatic rings. The van der Waals surface area contributed by atoms with Gasteiger partial charge >= 0.3 is 0 Å². The Morgan fingerprint density at radius 2 is 1.85 bits per heavy atom. The molecule has 1 saturated heterocycles. The van der Waals surface area contributed by atoms with E-state index >= 15 is 0 Å². The van der Waals surface area contributed by atoms with Gasteiger partial charge in [0.25, 0.3) is 5.91 Å². The highest BCUT2D eigenvalue weighted by molar-refractivity contribution is 6.33. The predicted octanol–water partition coefficient (Wildman–Crippen LogP) is 3.56. The largest absolute Gasteiger partial charge is 0.338 e. The average Bonchev–Trinajstić information content (AvgIpc) is 3.06. The topological polar surface area (TPSA) is 53.9 Å². The summed E-state index contributed by atoms with van der Waals surface area (Å²) in [5, 5.41) is 0.483. The molecular formula is C20H20ClN3O2. The molecule has 134 valence electrons. The van der Waals surface area contributed by atoms with Crippen LogP contribution in [-0.4, -0.2) is 35.5 Å². The van der Waals surface area contributed by atoms with Crippen LogP contribution in [0.15, 0.2) is 53.5 Å². The van der Waals surface area contributed by atoms with E-state index < -0.39 is 5.72 Å². The standard InChI is InChI=1S/C20H20ClN3O2/c1-14-6-8-15(9-7-14)18-22-20(26-23-18)10-12-24(13-11-20)19(25)16-4-2-3-5-17(16)21/h2-9H,10-13H2,1H3,(H,22,23). The van der Waals surface area contributed by atoms with Crippen LogP contribution in [0, 0.1) is 6.92 Å². The van der Waals surface area contributed by atoms with Gasteiger partial charge in [-0.05, 0) is 19.1 Å². The second-order valence-electron chi connectivity index (χ2n) is 6.75. The van der Waals surface area contributed by atoms with E-state index in [9.17, 15) is 4.79 Å². The van der Waals surface area contributed by atoms with Crippen molar-refractivity contribution in [1.82, 2.24) is 10.4 Å². The summed E-state index contributed by atoms with van der Waals surface area (Å²) in [4.78, 5) is 25.1. The van der Waals surface area contributed by atoms with Crippen LogP contribution < -0.4 is 5.48 Å². The molecule has 0 bridgehead atoms. The van der Waals surface area contributed by atoms with Crippen molar-refractivity contribution in [2.45, 2.75) is 25.5 Å². The molecule has 2 aromatic carbocycles. The van der Waals surface area contributed by atoms with Gasteiger partial charge in [-0.1, -0.05) is 53.6 Å². The summed E-state index contributed by atoms with van der Waals surface area (Å²) in [6.45, 7) is 3.21. The van der Waals surface area contributed by atoms with Gasteiger partial charge in [0, 0.05) is 31.5 Å². The second kappa shape index (κ2) is 6.74. The summed E-state index contributed by atoms with van der Waals surface area (Å²) in [5.41, 5.74) is 5.11. The average molecular weight is 370 g/mol. The molecule has 1 spiro atoms. The van der Waals surface area contributed by atoms with Crippen LogP contribution in [0.1, 0.15) is 34.3 Å². The highest BCUT2D eigenvalue weighted by atomic mass is 35.5. The normalized spacial score (nSPS) is 18.5. The predicted molar refractivity (Wildman–Crippen MR) is 101 cm³/mol. The van der Waals surface area contributed by atoms with Crippen LogP contribution in [0.5, 0.6) is 0 Å². The van der Waals surface area contributed by atoms with Crippen molar-refractivity contribution in [2.75, 3.05) is 13.1 Å². The second-order valence-corrected chi connectivity index (χ2v) is 7.16. The van der Waals surface area contributed by atoms with Gasteiger partial charge in [-0.15, -0.1) is 0 Å². The first-order chi connectivity index (χ1) is 12.6. The molecule has 0 unspecified atom stereocenters. The zero-order valence-electron chi connectivity index (χ0n) is 14.5. The van der Waals surface area contributed by atoms with E-state index in [-0.39, 0.29) is 5.91 Å². The van der Waals surface area contributed by atoms with E-state index in [2.05, 4.69) is 24.5 Å². The number of likely N-dealkylation sites (tertiary alicyclic amines) is 1. The number of amidine groups is 1. The van der Waals surface area contributed by atoms with Gasteiger partial charge in [0.2, 0.25) is 0 Å². The lowest BCUT2D eigenvalue weighted by Crippen LogP contribution is -2.46. The fourth-order valence-electron chi connectivity index (χ4n) is 3.31. The molecule has 5 nitrogen and oxygen atoms in total. The number of amides is 1. The summed E-state index contributed by atoms with van der Waals surface area (Å²) in [7, 11) is 0. The Hall–Kier alpha value is -2.37. The van der Waals surface area contributed by atoms with Crippen molar-refractivity contribution < 1.29 is 9.63 Å². The van der Waals surface area contributed by atoms with Crippen molar-refractivity contribution in [3.05, 3.63) is 70.2 Å². The number of nitrogens with zero attached hydrogens (tertiary/aromatic N) is 2. The molecule has 2 aliphatic heterocycles. The Labute approximate surface area is 157 Å². The van der Waals surface area contributed by atoms with Crippen LogP contribution >= 0.6 is 11.6 Å². The number of benzene rings is 2. The van der Waals surface area contributed by atoms with Crippen molar-refractivity contribution in [1.29, 1.82) is 0 Å². The molecule has 26 heavy (non-hydrogen) atoms. The molecule has 1 fully saturated rings. The summed E-state index contributed by atoms with van der Waals surface area (Å²) < 4.78 is 0. The Morgan fingerprint density at radius 1 is 1.15 bits per heavy atom. The number of hydrogen-bond donors (Lipinski definition) is 1. The highest BCUT2D eigenvalue weighted by Gasteiger charge is 2.41. The molecule has 0 radical (unpaired) electrons. The zero-order valence-corrected chi connectivity index (χ0v) is 15.3. The van der Waals surface area contributed by atoms with E-state index in [0.717, 1.165) is 11.4 Å². The molecule has 2 aliphatic rings. The third-order valence-corrected chi connectivity index (χ3v) is 5.24. The lowest BCUT2D eigenvalue weighted by atomic mass is 10.00. The lowest BCUT2D eigenvalue weighted by Gasteiger charge is -2.35. The Morgan fingerprint density at radius 3 is 2.54 bits per heavy atom. The van der Waals surface area contributed by atoms with Gasteiger partial charge in [-0.25, -0.2) is 15.3 Å². The molecule has 2 heterocycles. The third-order valence-electron chi connectivity index (χ3n) is 4.91. The van der Waals surface area contributed by atoms with Crippen LogP contribution in [0.3, 0.4) is 0 Å². The summed E-state index contributed by atoms with van der Waals surface area (Å²) in [6, 6.07) is 15.3. The van der Waals surface area contributed by atoms with E-state index in [1.54, 1.807) is 12.1 Å². The van der Waals surface area contributed by atoms with Gasteiger partial charge in [-0.2, -0.15) is 0 Å². The molecule has 0 atom stereocenters. The van der Waals surface area contributed by atoms with Crippen molar-refractivity contribution in [3.63, 3.8) is 0 Å². The minimum Gasteiger partial charge on any atom is -0.338 e. The number of nitrogens with one attached hydrogen (secondary N) is 1. The van der Waals surface area contributed by atoms with Gasteiger partial charge in [-0.3, -0.25) is 4.79 Å². The highest BCUT2D eigenvalue weighted by Crippen LogP contribution is 2.32. The van der Waals surface area contributed by atoms with Crippen LogP contribution in [0.2, 0.25) is 5.02 Å². The molecule has 0 aromatic heterocycles. The number of aryl methyl sites for hydroxylation is 1. The van der Waals surface area contributed by atoms with Crippen LogP contribution in [0.25, 0.3) is 0 Å². The molecule has 0 saturated carbocycles. The van der Waals surface area contributed by atoms with Crippen molar-refractivity contribution in [2.24, 2.45) is 4.99 Å². The van der Waals surface area contributed by atoms with E-state index in [0.29, 0.717) is 36.5 Å². The Bertz CT molecular complexity index is 856. The quantitative estimate of drug-likeness (QED) is 0.880. The van der Waals surface area contributed by atoms with Gasteiger partial charge in [0.1, 0.15) is 0 Å². The number of rotatable bonds is 2. The number of halogens is 1. The summed E-state index contributed by atoms with van der Waals surface area (Å²) in [5.74, 6) is 0.704. The number of hydrogen-bond acceptors (Lipinski definition) is 4. The molecule has 1 N–H and O–H groups in total. The molecule has 0 aliphatic carbocycles. The first-order valence-electron chi connectivity index (χ1n) is 8.71. The van der Waals surface area contributed by atoms with Crippen molar-refractivity contribution >= 4 is 23.3 Å². The van der Waals surface area contributed by atoms with Gasteiger partial charge in [0.05, 0.1) is 10.6 Å². The SMILES string of the molecule is Cc1ccc(C2=NC3(CCN(C(=O)c4ccccc4Cl)CC3)ON2)cc1. The Balaban J connectivity index is 1.46. The Kier molecular flexibility index (Phi) is 4.42. The number of piperidine rings is 1. The molecule has 1 amide bonds. The van der Waals surface area contributed by atoms with Gasteiger partial charge < -0.3 is 4.90 Å². The van der Waals surface area contributed by atoms with E-state index in [4.69, 9.17) is 21.4 Å².